The van der Waals surface area contributed by atoms with Crippen LogP contribution in [0.25, 0.3) is 0 Å². The van der Waals surface area contributed by atoms with E-state index in [1.54, 1.807) is 0 Å². The SMILES string of the molecule is CCCC1CC1(N)C1COc2ccccc2C1. The Bertz CT molecular complexity index is 417. The van der Waals surface area contributed by atoms with Crippen molar-refractivity contribution in [2.24, 2.45) is 17.6 Å². The zero-order chi connectivity index (χ0) is 11.9. The molecule has 0 aromatic heterocycles. The Balaban J connectivity index is 1.73. The lowest BCUT2D eigenvalue weighted by atomic mass is 9.87. The average molecular weight is 231 g/mol. The minimum Gasteiger partial charge on any atom is -0.493 e. The summed E-state index contributed by atoms with van der Waals surface area (Å²) in [5.74, 6) is 2.29. The maximum absolute atomic E-state index is 6.53. The van der Waals surface area contributed by atoms with Crippen molar-refractivity contribution in [3.63, 3.8) is 0 Å². The molecule has 1 fully saturated rings. The van der Waals surface area contributed by atoms with E-state index in [9.17, 15) is 0 Å². The van der Waals surface area contributed by atoms with Crippen LogP contribution in [0.15, 0.2) is 24.3 Å². The third-order valence-electron chi connectivity index (χ3n) is 4.48. The molecule has 92 valence electrons. The van der Waals surface area contributed by atoms with Crippen LogP contribution in [0.2, 0.25) is 0 Å². The summed E-state index contributed by atoms with van der Waals surface area (Å²) in [5.41, 5.74) is 7.92. The third-order valence-corrected chi connectivity index (χ3v) is 4.48. The lowest BCUT2D eigenvalue weighted by Crippen LogP contribution is -2.41. The number of hydrogen-bond donors (Lipinski definition) is 1. The molecule has 3 rings (SSSR count). The van der Waals surface area contributed by atoms with Gasteiger partial charge in [-0.15, -0.1) is 0 Å². The second-order valence-corrected chi connectivity index (χ2v) is 5.62. The highest BCUT2D eigenvalue weighted by Crippen LogP contribution is 2.51. The first-order chi connectivity index (χ1) is 8.24. The van der Waals surface area contributed by atoms with Gasteiger partial charge in [-0.05, 0) is 36.8 Å². The van der Waals surface area contributed by atoms with E-state index in [0.717, 1.165) is 24.7 Å². The van der Waals surface area contributed by atoms with Crippen molar-refractivity contribution in [1.82, 2.24) is 0 Å². The first kappa shape index (κ1) is 11.1. The van der Waals surface area contributed by atoms with E-state index in [1.807, 2.05) is 6.07 Å². The Morgan fingerprint density at radius 1 is 1.41 bits per heavy atom. The van der Waals surface area contributed by atoms with E-state index in [4.69, 9.17) is 10.5 Å². The highest BCUT2D eigenvalue weighted by Gasteiger charge is 2.55. The highest BCUT2D eigenvalue weighted by atomic mass is 16.5. The van der Waals surface area contributed by atoms with Crippen LogP contribution in [-0.2, 0) is 6.42 Å². The fourth-order valence-corrected chi connectivity index (χ4v) is 3.26. The Morgan fingerprint density at radius 2 is 2.24 bits per heavy atom. The number of nitrogens with two attached hydrogens (primary N) is 1. The van der Waals surface area contributed by atoms with Crippen LogP contribution in [-0.4, -0.2) is 12.1 Å². The molecule has 0 amide bonds. The van der Waals surface area contributed by atoms with Crippen molar-refractivity contribution in [3.05, 3.63) is 29.8 Å². The molecule has 2 N–H and O–H groups in total. The van der Waals surface area contributed by atoms with Crippen molar-refractivity contribution in [2.45, 2.75) is 38.1 Å². The lowest BCUT2D eigenvalue weighted by Gasteiger charge is -2.30. The zero-order valence-electron chi connectivity index (χ0n) is 10.5. The molecule has 0 bridgehead atoms. The van der Waals surface area contributed by atoms with Crippen molar-refractivity contribution in [3.8, 4) is 5.75 Å². The number of hydrogen-bond acceptors (Lipinski definition) is 2. The normalized spacial score (nSPS) is 34.9. The maximum atomic E-state index is 6.53. The van der Waals surface area contributed by atoms with E-state index in [0.29, 0.717) is 5.92 Å². The summed E-state index contributed by atoms with van der Waals surface area (Å²) in [6, 6.07) is 8.35. The molecule has 1 aromatic carbocycles. The molecule has 1 saturated carbocycles. The molecule has 0 radical (unpaired) electrons. The molecule has 1 aliphatic heterocycles. The topological polar surface area (TPSA) is 35.2 Å². The van der Waals surface area contributed by atoms with E-state index in [-0.39, 0.29) is 5.54 Å². The van der Waals surface area contributed by atoms with Crippen LogP contribution in [0.4, 0.5) is 0 Å². The van der Waals surface area contributed by atoms with Crippen molar-refractivity contribution in [1.29, 1.82) is 0 Å². The van der Waals surface area contributed by atoms with Crippen LogP contribution in [0.5, 0.6) is 5.75 Å². The van der Waals surface area contributed by atoms with Crippen molar-refractivity contribution >= 4 is 0 Å². The van der Waals surface area contributed by atoms with Crippen LogP contribution in [0.3, 0.4) is 0 Å². The van der Waals surface area contributed by atoms with E-state index in [1.165, 1.54) is 24.8 Å². The molecule has 3 unspecified atom stereocenters. The van der Waals surface area contributed by atoms with Gasteiger partial charge in [-0.2, -0.15) is 0 Å². The summed E-state index contributed by atoms with van der Waals surface area (Å²) in [6.45, 7) is 3.04. The number of ether oxygens (including phenoxy) is 1. The van der Waals surface area contributed by atoms with Gasteiger partial charge in [-0.3, -0.25) is 0 Å². The van der Waals surface area contributed by atoms with Gasteiger partial charge in [0.15, 0.2) is 0 Å². The number of fused-ring (bicyclic) bond motifs is 1. The summed E-state index contributed by atoms with van der Waals surface area (Å²) in [7, 11) is 0. The van der Waals surface area contributed by atoms with Gasteiger partial charge in [-0.25, -0.2) is 0 Å². The number of para-hydroxylation sites is 1. The minimum absolute atomic E-state index is 0.0591. The Kier molecular flexibility index (Phi) is 2.62. The van der Waals surface area contributed by atoms with Gasteiger partial charge < -0.3 is 10.5 Å². The van der Waals surface area contributed by atoms with E-state index >= 15 is 0 Å². The molecular formula is C15H21NO. The smallest absolute Gasteiger partial charge is 0.122 e. The molecule has 3 atom stereocenters. The van der Waals surface area contributed by atoms with Gasteiger partial charge in [0.1, 0.15) is 5.75 Å². The predicted octanol–water partition coefficient (Wildman–Crippen LogP) is 2.76. The van der Waals surface area contributed by atoms with Crippen LogP contribution in [0, 0.1) is 11.8 Å². The molecule has 17 heavy (non-hydrogen) atoms. The summed E-state index contributed by atoms with van der Waals surface area (Å²) >= 11 is 0. The zero-order valence-corrected chi connectivity index (χ0v) is 10.5. The van der Waals surface area contributed by atoms with Gasteiger partial charge in [-0.1, -0.05) is 31.5 Å². The standard InChI is InChI=1S/C15H21NO/c1-2-5-12-9-15(12,16)13-8-11-6-3-4-7-14(11)17-10-13/h3-4,6-7,12-13H,2,5,8-10,16H2,1H3. The first-order valence-electron chi connectivity index (χ1n) is 6.73. The fraction of sp³-hybridized carbons (Fsp3) is 0.600. The van der Waals surface area contributed by atoms with Crippen molar-refractivity contribution < 1.29 is 4.74 Å². The van der Waals surface area contributed by atoms with Gasteiger partial charge in [0.25, 0.3) is 0 Å². The fourth-order valence-electron chi connectivity index (χ4n) is 3.26. The number of benzene rings is 1. The molecule has 1 aromatic rings. The van der Waals surface area contributed by atoms with Gasteiger partial charge in [0, 0.05) is 11.5 Å². The van der Waals surface area contributed by atoms with Crippen LogP contribution in [0.1, 0.15) is 31.7 Å². The monoisotopic (exact) mass is 231 g/mol. The molecule has 1 heterocycles. The Hall–Kier alpha value is -1.02. The molecule has 2 heteroatoms. The second-order valence-electron chi connectivity index (χ2n) is 5.62. The molecule has 0 spiro atoms. The quantitative estimate of drug-likeness (QED) is 0.868. The minimum atomic E-state index is 0.0591. The maximum Gasteiger partial charge on any atom is 0.122 e. The second kappa shape index (κ2) is 4.02. The van der Waals surface area contributed by atoms with Crippen molar-refractivity contribution in [2.75, 3.05) is 6.61 Å². The molecule has 0 saturated heterocycles. The molecule has 2 aliphatic rings. The Labute approximate surface area is 103 Å². The summed E-state index contributed by atoms with van der Waals surface area (Å²) in [4.78, 5) is 0. The lowest BCUT2D eigenvalue weighted by molar-refractivity contribution is 0.184. The summed E-state index contributed by atoms with van der Waals surface area (Å²) in [5, 5.41) is 0. The average Bonchev–Trinajstić information content (AvgIpc) is 3.01. The molecule has 2 nitrogen and oxygen atoms in total. The highest BCUT2D eigenvalue weighted by molar-refractivity contribution is 5.36. The summed E-state index contributed by atoms with van der Waals surface area (Å²) < 4.78 is 5.85. The van der Waals surface area contributed by atoms with Gasteiger partial charge in [0.05, 0.1) is 6.61 Å². The van der Waals surface area contributed by atoms with Gasteiger partial charge >= 0.3 is 0 Å². The van der Waals surface area contributed by atoms with E-state index < -0.39 is 0 Å². The Morgan fingerprint density at radius 3 is 3.06 bits per heavy atom. The molecule has 1 aliphatic carbocycles. The van der Waals surface area contributed by atoms with Crippen LogP contribution >= 0.6 is 0 Å². The largest absolute Gasteiger partial charge is 0.493 e. The first-order valence-corrected chi connectivity index (χ1v) is 6.73. The summed E-state index contributed by atoms with van der Waals surface area (Å²) in [6.07, 6.45) is 4.80. The number of rotatable bonds is 3. The predicted molar refractivity (Wildman–Crippen MR) is 69.1 cm³/mol. The molecular weight excluding hydrogens is 210 g/mol. The van der Waals surface area contributed by atoms with Crippen LogP contribution < -0.4 is 10.5 Å². The van der Waals surface area contributed by atoms with Gasteiger partial charge in [0.2, 0.25) is 0 Å². The third kappa shape index (κ3) is 1.85. The van der Waals surface area contributed by atoms with E-state index in [2.05, 4.69) is 25.1 Å².